The van der Waals surface area contributed by atoms with Gasteiger partial charge in [-0.2, -0.15) is 0 Å². The molecule has 21 heavy (non-hydrogen) atoms. The number of ether oxygens (including phenoxy) is 1. The molecule has 1 atom stereocenters. The summed E-state index contributed by atoms with van der Waals surface area (Å²) in [7, 11) is 1.59. The van der Waals surface area contributed by atoms with E-state index in [2.05, 4.69) is 5.32 Å². The van der Waals surface area contributed by atoms with Crippen LogP contribution < -0.4 is 5.32 Å². The normalized spacial score (nSPS) is 22.8. The SMILES string of the molecule is COCCN1C(=O)C2(CC2)NC1c1cccc([N+](=O)[O-])c1. The molecule has 1 aromatic rings. The van der Waals surface area contributed by atoms with Crippen molar-refractivity contribution in [2.45, 2.75) is 24.5 Å². The van der Waals surface area contributed by atoms with Gasteiger partial charge in [0.1, 0.15) is 11.7 Å². The Balaban J connectivity index is 1.90. The largest absolute Gasteiger partial charge is 0.383 e. The Bertz CT molecular complexity index is 585. The van der Waals surface area contributed by atoms with Crippen molar-refractivity contribution in [2.75, 3.05) is 20.3 Å². The highest BCUT2D eigenvalue weighted by molar-refractivity contribution is 5.92. The first-order valence-corrected chi connectivity index (χ1v) is 6.89. The van der Waals surface area contributed by atoms with Crippen LogP contribution in [0.15, 0.2) is 24.3 Å². The Morgan fingerprint density at radius 2 is 2.29 bits per heavy atom. The number of nitro benzene ring substituents is 1. The predicted octanol–water partition coefficient (Wildman–Crippen LogP) is 1.20. The number of nitrogens with one attached hydrogen (secondary N) is 1. The van der Waals surface area contributed by atoms with E-state index in [1.807, 2.05) is 0 Å². The molecule has 1 aliphatic heterocycles. The van der Waals surface area contributed by atoms with Gasteiger partial charge in [-0.05, 0) is 18.4 Å². The number of methoxy groups -OCH3 is 1. The average Bonchev–Trinajstić information content (AvgIpc) is 3.21. The third-order valence-corrected chi connectivity index (χ3v) is 4.08. The van der Waals surface area contributed by atoms with E-state index in [-0.39, 0.29) is 17.8 Å². The van der Waals surface area contributed by atoms with Crippen LogP contribution in [0.4, 0.5) is 5.69 Å². The lowest BCUT2D eigenvalue weighted by Crippen LogP contribution is -2.34. The van der Waals surface area contributed by atoms with Crippen molar-refractivity contribution in [3.63, 3.8) is 0 Å². The summed E-state index contributed by atoms with van der Waals surface area (Å²) in [5, 5.41) is 14.2. The highest BCUT2D eigenvalue weighted by Gasteiger charge is 2.59. The molecule has 1 aliphatic carbocycles. The van der Waals surface area contributed by atoms with Crippen LogP contribution >= 0.6 is 0 Å². The quantitative estimate of drug-likeness (QED) is 0.651. The maximum atomic E-state index is 12.5. The minimum absolute atomic E-state index is 0.0326. The summed E-state index contributed by atoms with van der Waals surface area (Å²) in [6.45, 7) is 0.909. The molecule has 1 saturated carbocycles. The molecule has 2 aliphatic rings. The molecule has 7 nitrogen and oxygen atoms in total. The molecule has 1 spiro atoms. The van der Waals surface area contributed by atoms with Crippen LogP contribution in [-0.4, -0.2) is 41.5 Å². The van der Waals surface area contributed by atoms with Crippen LogP contribution in [0, 0.1) is 10.1 Å². The number of nitrogens with zero attached hydrogens (tertiary/aromatic N) is 2. The summed E-state index contributed by atoms with van der Waals surface area (Å²) < 4.78 is 5.06. The molecule has 7 heteroatoms. The second kappa shape index (κ2) is 5.09. The summed E-state index contributed by atoms with van der Waals surface area (Å²) in [6, 6.07) is 6.42. The summed E-state index contributed by atoms with van der Waals surface area (Å²) in [5.74, 6) is 0.0658. The third kappa shape index (κ3) is 2.38. The Hall–Kier alpha value is -1.99. The first-order valence-electron chi connectivity index (χ1n) is 6.89. The van der Waals surface area contributed by atoms with Crippen molar-refractivity contribution in [2.24, 2.45) is 0 Å². The molecule has 1 amide bonds. The fraction of sp³-hybridized carbons (Fsp3) is 0.500. The number of carbonyl (C=O) groups is 1. The van der Waals surface area contributed by atoms with Gasteiger partial charge in [-0.3, -0.25) is 20.2 Å². The zero-order chi connectivity index (χ0) is 15.0. The van der Waals surface area contributed by atoms with E-state index in [4.69, 9.17) is 4.74 Å². The van der Waals surface area contributed by atoms with E-state index in [1.165, 1.54) is 12.1 Å². The fourth-order valence-corrected chi connectivity index (χ4v) is 2.77. The van der Waals surface area contributed by atoms with Crippen LogP contribution in [-0.2, 0) is 9.53 Å². The maximum Gasteiger partial charge on any atom is 0.269 e. The fourth-order valence-electron chi connectivity index (χ4n) is 2.77. The van der Waals surface area contributed by atoms with E-state index in [9.17, 15) is 14.9 Å². The predicted molar refractivity (Wildman–Crippen MR) is 74.5 cm³/mol. The van der Waals surface area contributed by atoms with Crippen molar-refractivity contribution in [1.29, 1.82) is 0 Å². The molecule has 1 saturated heterocycles. The van der Waals surface area contributed by atoms with Crippen molar-refractivity contribution in [1.82, 2.24) is 10.2 Å². The maximum absolute atomic E-state index is 12.5. The topological polar surface area (TPSA) is 84.7 Å². The zero-order valence-corrected chi connectivity index (χ0v) is 11.7. The van der Waals surface area contributed by atoms with E-state index < -0.39 is 10.5 Å². The van der Waals surface area contributed by atoms with E-state index >= 15 is 0 Å². The number of rotatable bonds is 5. The number of carbonyl (C=O) groups excluding carboxylic acids is 1. The molecule has 112 valence electrons. The number of amides is 1. The van der Waals surface area contributed by atoms with E-state index in [1.54, 1.807) is 24.1 Å². The Morgan fingerprint density at radius 1 is 1.52 bits per heavy atom. The van der Waals surface area contributed by atoms with E-state index in [0.717, 1.165) is 18.4 Å². The smallest absolute Gasteiger partial charge is 0.269 e. The Kier molecular flexibility index (Phi) is 3.38. The van der Waals surface area contributed by atoms with Gasteiger partial charge in [0, 0.05) is 25.8 Å². The molecule has 1 aromatic carbocycles. The molecule has 1 N–H and O–H groups in total. The number of hydrogen-bond acceptors (Lipinski definition) is 5. The van der Waals surface area contributed by atoms with Gasteiger partial charge in [0.15, 0.2) is 0 Å². The first kappa shape index (κ1) is 14.0. The highest BCUT2D eigenvalue weighted by Crippen LogP contribution is 2.46. The third-order valence-electron chi connectivity index (χ3n) is 4.08. The molecule has 1 heterocycles. The highest BCUT2D eigenvalue weighted by atomic mass is 16.6. The number of nitro groups is 1. The lowest BCUT2D eigenvalue weighted by atomic mass is 10.1. The van der Waals surface area contributed by atoms with Crippen LogP contribution in [0.5, 0.6) is 0 Å². The van der Waals surface area contributed by atoms with E-state index in [0.29, 0.717) is 13.2 Å². The van der Waals surface area contributed by atoms with Crippen LogP contribution in [0.3, 0.4) is 0 Å². The number of benzene rings is 1. The second-order valence-electron chi connectivity index (χ2n) is 5.47. The molecule has 0 bridgehead atoms. The van der Waals surface area contributed by atoms with Crippen LogP contribution in [0.1, 0.15) is 24.6 Å². The number of non-ortho nitro benzene ring substituents is 1. The van der Waals surface area contributed by atoms with Gasteiger partial charge in [0.25, 0.3) is 5.69 Å². The van der Waals surface area contributed by atoms with Gasteiger partial charge < -0.3 is 9.64 Å². The minimum atomic E-state index is -0.455. The summed E-state index contributed by atoms with van der Waals surface area (Å²) >= 11 is 0. The van der Waals surface area contributed by atoms with Gasteiger partial charge in [0.2, 0.25) is 5.91 Å². The molecule has 3 rings (SSSR count). The summed E-state index contributed by atoms with van der Waals surface area (Å²) in [6.07, 6.45) is 1.32. The molecule has 1 unspecified atom stereocenters. The van der Waals surface area contributed by atoms with Gasteiger partial charge in [-0.1, -0.05) is 12.1 Å². The van der Waals surface area contributed by atoms with Gasteiger partial charge in [0.05, 0.1) is 11.5 Å². The van der Waals surface area contributed by atoms with Crippen molar-refractivity contribution in [3.8, 4) is 0 Å². The molecule has 0 aromatic heterocycles. The Labute approximate surface area is 122 Å². The molecule has 2 fully saturated rings. The van der Waals surface area contributed by atoms with Crippen LogP contribution in [0.25, 0.3) is 0 Å². The lowest BCUT2D eigenvalue weighted by molar-refractivity contribution is -0.385. The van der Waals surface area contributed by atoms with Gasteiger partial charge >= 0.3 is 0 Å². The van der Waals surface area contributed by atoms with Crippen molar-refractivity contribution < 1.29 is 14.5 Å². The molecular formula is C14H17N3O4. The molecular weight excluding hydrogens is 274 g/mol. The van der Waals surface area contributed by atoms with Crippen molar-refractivity contribution in [3.05, 3.63) is 39.9 Å². The van der Waals surface area contributed by atoms with Gasteiger partial charge in [-0.15, -0.1) is 0 Å². The Morgan fingerprint density at radius 3 is 2.90 bits per heavy atom. The van der Waals surface area contributed by atoms with Gasteiger partial charge in [-0.25, -0.2) is 0 Å². The monoisotopic (exact) mass is 291 g/mol. The average molecular weight is 291 g/mol. The summed E-state index contributed by atoms with van der Waals surface area (Å²) in [5.41, 5.74) is 0.311. The molecule has 0 radical (unpaired) electrons. The standard InChI is InChI=1S/C14H17N3O4/c1-21-8-7-16-12(15-14(5-6-14)13(16)18)10-3-2-4-11(9-10)17(19)20/h2-4,9,12,15H,5-8H2,1H3. The van der Waals surface area contributed by atoms with Crippen LogP contribution in [0.2, 0.25) is 0 Å². The lowest BCUT2D eigenvalue weighted by Gasteiger charge is -2.24. The summed E-state index contributed by atoms with van der Waals surface area (Å²) in [4.78, 5) is 24.7. The zero-order valence-electron chi connectivity index (χ0n) is 11.7. The first-order chi connectivity index (χ1) is 10.1. The number of hydrogen-bond donors (Lipinski definition) is 1. The second-order valence-corrected chi connectivity index (χ2v) is 5.47. The minimum Gasteiger partial charge on any atom is -0.383 e. The van der Waals surface area contributed by atoms with Crippen molar-refractivity contribution >= 4 is 11.6 Å².